The number of halogens is 2. The molecule has 0 aromatic heterocycles. The minimum absolute atomic E-state index is 0.0121. The third-order valence-electron chi connectivity index (χ3n) is 3.35. The number of anilines is 1. The van der Waals surface area contributed by atoms with Crippen molar-refractivity contribution in [2.24, 2.45) is 0 Å². The number of nitrogens with one attached hydrogen (secondary N) is 1. The molecule has 2 N–H and O–H groups in total. The highest BCUT2D eigenvalue weighted by molar-refractivity contribution is 5.52. The van der Waals surface area contributed by atoms with E-state index in [0.717, 1.165) is 0 Å². The third-order valence-corrected chi connectivity index (χ3v) is 3.35. The Bertz CT molecular complexity index is 626. The molecule has 0 saturated heterocycles. The van der Waals surface area contributed by atoms with Crippen LogP contribution in [-0.4, -0.2) is 11.7 Å². The van der Waals surface area contributed by atoms with Crippen LogP contribution in [0.1, 0.15) is 31.0 Å². The molecule has 0 aliphatic rings. The molecular formula is C17H19F2NO2. The highest BCUT2D eigenvalue weighted by atomic mass is 19.1. The van der Waals surface area contributed by atoms with Crippen molar-refractivity contribution in [2.45, 2.75) is 26.5 Å². The van der Waals surface area contributed by atoms with Gasteiger partial charge in [0.05, 0.1) is 19.3 Å². The molecule has 0 radical (unpaired) electrons. The van der Waals surface area contributed by atoms with E-state index in [0.29, 0.717) is 23.6 Å². The maximum absolute atomic E-state index is 13.8. The van der Waals surface area contributed by atoms with Gasteiger partial charge in [-0.2, -0.15) is 0 Å². The molecule has 22 heavy (non-hydrogen) atoms. The fourth-order valence-corrected chi connectivity index (χ4v) is 2.34. The van der Waals surface area contributed by atoms with E-state index in [9.17, 15) is 13.9 Å². The first-order chi connectivity index (χ1) is 10.6. The molecule has 0 bridgehead atoms. The van der Waals surface area contributed by atoms with Crippen molar-refractivity contribution in [1.29, 1.82) is 0 Å². The first kappa shape index (κ1) is 16.2. The van der Waals surface area contributed by atoms with Gasteiger partial charge in [-0.15, -0.1) is 0 Å². The van der Waals surface area contributed by atoms with Crippen LogP contribution in [0.2, 0.25) is 0 Å². The second-order valence-corrected chi connectivity index (χ2v) is 4.91. The van der Waals surface area contributed by atoms with Gasteiger partial charge in [0.1, 0.15) is 17.4 Å². The first-order valence-electron chi connectivity index (χ1n) is 7.13. The van der Waals surface area contributed by atoms with Crippen molar-refractivity contribution in [3.63, 3.8) is 0 Å². The minimum Gasteiger partial charge on any atom is -0.494 e. The molecule has 0 fully saturated rings. The summed E-state index contributed by atoms with van der Waals surface area (Å²) in [5, 5.41) is 12.4. The number of aliphatic hydroxyl groups excluding tert-OH is 1. The van der Waals surface area contributed by atoms with E-state index in [1.807, 2.05) is 6.92 Å². The van der Waals surface area contributed by atoms with E-state index in [1.165, 1.54) is 18.2 Å². The van der Waals surface area contributed by atoms with Crippen LogP contribution in [-0.2, 0) is 6.61 Å². The van der Waals surface area contributed by atoms with Gasteiger partial charge < -0.3 is 15.2 Å². The SMILES string of the molecule is CCOc1ccc(N[C@H](C)c2c(F)cccc2F)cc1CO. The minimum atomic E-state index is -0.590. The Morgan fingerprint density at radius 2 is 1.86 bits per heavy atom. The Morgan fingerprint density at radius 1 is 1.18 bits per heavy atom. The lowest BCUT2D eigenvalue weighted by Crippen LogP contribution is -2.11. The summed E-state index contributed by atoms with van der Waals surface area (Å²) in [6, 6.07) is 8.43. The van der Waals surface area contributed by atoms with E-state index in [2.05, 4.69) is 5.32 Å². The standard InChI is InChI=1S/C17H19F2NO2/c1-3-22-16-8-7-13(9-12(16)10-21)20-11(2)17-14(18)5-4-6-15(17)19/h4-9,11,20-21H,3,10H2,1-2H3/t11-/m1/s1. The summed E-state index contributed by atoms with van der Waals surface area (Å²) >= 11 is 0. The van der Waals surface area contributed by atoms with Gasteiger partial charge in [-0.3, -0.25) is 0 Å². The van der Waals surface area contributed by atoms with Crippen LogP contribution in [0.3, 0.4) is 0 Å². The predicted molar refractivity (Wildman–Crippen MR) is 81.9 cm³/mol. The predicted octanol–water partition coefficient (Wildman–Crippen LogP) is 4.03. The molecule has 0 unspecified atom stereocenters. The second kappa shape index (κ2) is 7.22. The molecule has 3 nitrogen and oxygen atoms in total. The number of hydrogen-bond acceptors (Lipinski definition) is 3. The maximum atomic E-state index is 13.8. The zero-order valence-electron chi connectivity index (χ0n) is 12.6. The summed E-state index contributed by atoms with van der Waals surface area (Å²) < 4.78 is 33.0. The van der Waals surface area contributed by atoms with Gasteiger partial charge in [-0.25, -0.2) is 8.78 Å². The quantitative estimate of drug-likeness (QED) is 0.846. The van der Waals surface area contributed by atoms with Crippen LogP contribution in [0.5, 0.6) is 5.75 Å². The maximum Gasteiger partial charge on any atom is 0.131 e. The summed E-state index contributed by atoms with van der Waals surface area (Å²) in [4.78, 5) is 0. The number of hydrogen-bond donors (Lipinski definition) is 2. The molecular weight excluding hydrogens is 288 g/mol. The molecule has 0 aliphatic carbocycles. The van der Waals surface area contributed by atoms with Gasteiger partial charge in [0.25, 0.3) is 0 Å². The summed E-state index contributed by atoms with van der Waals surface area (Å²) in [6.07, 6.45) is 0. The summed E-state index contributed by atoms with van der Waals surface area (Å²) in [5.41, 5.74) is 1.26. The van der Waals surface area contributed by atoms with Gasteiger partial charge in [0.15, 0.2) is 0 Å². The lowest BCUT2D eigenvalue weighted by Gasteiger charge is -2.18. The topological polar surface area (TPSA) is 41.5 Å². The molecule has 0 heterocycles. The van der Waals surface area contributed by atoms with Gasteiger partial charge in [-0.1, -0.05) is 6.07 Å². The average Bonchev–Trinajstić information content (AvgIpc) is 2.48. The Balaban J connectivity index is 2.23. The van der Waals surface area contributed by atoms with E-state index in [-0.39, 0.29) is 12.2 Å². The number of aliphatic hydroxyl groups is 1. The van der Waals surface area contributed by atoms with E-state index >= 15 is 0 Å². The molecule has 0 amide bonds. The summed E-state index contributed by atoms with van der Waals surface area (Å²) in [7, 11) is 0. The van der Waals surface area contributed by atoms with Crippen LogP contribution in [0.4, 0.5) is 14.5 Å². The lowest BCUT2D eigenvalue weighted by atomic mass is 10.1. The lowest BCUT2D eigenvalue weighted by molar-refractivity contribution is 0.267. The summed E-state index contributed by atoms with van der Waals surface area (Å²) in [5.74, 6) is -0.582. The van der Waals surface area contributed by atoms with Crippen molar-refractivity contribution < 1.29 is 18.6 Å². The average molecular weight is 307 g/mol. The van der Waals surface area contributed by atoms with Gasteiger partial charge in [0, 0.05) is 16.8 Å². The van der Waals surface area contributed by atoms with Crippen LogP contribution < -0.4 is 10.1 Å². The Labute approximate surface area is 128 Å². The zero-order chi connectivity index (χ0) is 16.1. The van der Waals surface area contributed by atoms with Gasteiger partial charge in [-0.05, 0) is 44.2 Å². The highest BCUT2D eigenvalue weighted by Gasteiger charge is 2.16. The highest BCUT2D eigenvalue weighted by Crippen LogP contribution is 2.28. The molecule has 118 valence electrons. The molecule has 0 aliphatic heterocycles. The normalized spacial score (nSPS) is 12.0. The number of ether oxygens (including phenoxy) is 1. The van der Waals surface area contributed by atoms with Crippen molar-refractivity contribution in [1.82, 2.24) is 0 Å². The van der Waals surface area contributed by atoms with E-state index < -0.39 is 17.7 Å². The number of rotatable bonds is 6. The molecule has 2 rings (SSSR count). The molecule has 0 spiro atoms. The van der Waals surface area contributed by atoms with Crippen molar-refractivity contribution in [2.75, 3.05) is 11.9 Å². The first-order valence-corrected chi connectivity index (χ1v) is 7.13. The third kappa shape index (κ3) is 3.54. The summed E-state index contributed by atoms with van der Waals surface area (Å²) in [6.45, 7) is 3.86. The fourth-order valence-electron chi connectivity index (χ4n) is 2.34. The van der Waals surface area contributed by atoms with Crippen LogP contribution >= 0.6 is 0 Å². The van der Waals surface area contributed by atoms with Crippen LogP contribution in [0.15, 0.2) is 36.4 Å². The monoisotopic (exact) mass is 307 g/mol. The van der Waals surface area contributed by atoms with E-state index in [4.69, 9.17) is 4.74 Å². The molecule has 2 aromatic rings. The second-order valence-electron chi connectivity index (χ2n) is 4.91. The molecule has 5 heteroatoms. The largest absolute Gasteiger partial charge is 0.494 e. The molecule has 2 aromatic carbocycles. The molecule has 0 saturated carbocycles. The Hall–Kier alpha value is -2.14. The van der Waals surface area contributed by atoms with Crippen molar-refractivity contribution in [3.8, 4) is 5.75 Å². The fraction of sp³-hybridized carbons (Fsp3) is 0.294. The Kier molecular flexibility index (Phi) is 5.33. The van der Waals surface area contributed by atoms with Gasteiger partial charge in [0.2, 0.25) is 0 Å². The van der Waals surface area contributed by atoms with E-state index in [1.54, 1.807) is 25.1 Å². The van der Waals surface area contributed by atoms with Crippen molar-refractivity contribution in [3.05, 3.63) is 59.2 Å². The Morgan fingerprint density at radius 3 is 2.45 bits per heavy atom. The number of benzene rings is 2. The van der Waals surface area contributed by atoms with Crippen LogP contribution in [0, 0.1) is 11.6 Å². The molecule has 1 atom stereocenters. The smallest absolute Gasteiger partial charge is 0.131 e. The van der Waals surface area contributed by atoms with Gasteiger partial charge >= 0.3 is 0 Å². The van der Waals surface area contributed by atoms with Crippen molar-refractivity contribution >= 4 is 5.69 Å². The zero-order valence-corrected chi connectivity index (χ0v) is 12.6. The van der Waals surface area contributed by atoms with Crippen LogP contribution in [0.25, 0.3) is 0 Å².